The summed E-state index contributed by atoms with van der Waals surface area (Å²) in [5.74, 6) is 0.284. The molecule has 1 N–H and O–H groups in total. The van der Waals surface area contributed by atoms with Gasteiger partial charge >= 0.3 is 0 Å². The van der Waals surface area contributed by atoms with Crippen molar-refractivity contribution in [3.05, 3.63) is 28.8 Å². The van der Waals surface area contributed by atoms with E-state index in [0.29, 0.717) is 17.7 Å². The number of aromatic hydroxyl groups is 1. The maximum Gasteiger partial charge on any atom is 0.121 e. The zero-order valence-electron chi connectivity index (χ0n) is 10.0. The van der Waals surface area contributed by atoms with Crippen LogP contribution in [0.4, 0.5) is 0 Å². The average Bonchev–Trinajstić information content (AvgIpc) is 2.35. The summed E-state index contributed by atoms with van der Waals surface area (Å²) >= 11 is 6.09. The van der Waals surface area contributed by atoms with Crippen LogP contribution in [0.5, 0.6) is 5.75 Å². The molecular weight excluding hydrogens is 238 g/mol. The first-order chi connectivity index (χ1) is 8.20. The minimum atomic E-state index is 0.284. The van der Waals surface area contributed by atoms with Crippen LogP contribution in [0.2, 0.25) is 5.02 Å². The van der Waals surface area contributed by atoms with Gasteiger partial charge in [-0.25, -0.2) is 0 Å². The molecule has 1 aromatic carbocycles. The van der Waals surface area contributed by atoms with E-state index in [0.717, 1.165) is 31.5 Å². The molecule has 17 heavy (non-hydrogen) atoms. The lowest BCUT2D eigenvalue weighted by Gasteiger charge is -2.31. The predicted molar refractivity (Wildman–Crippen MR) is 68.4 cm³/mol. The number of piperidine rings is 1. The fraction of sp³-hybridized carbons (Fsp3) is 0.538. The highest BCUT2D eigenvalue weighted by Crippen LogP contribution is 2.27. The molecule has 1 fully saturated rings. The molecule has 0 saturated carbocycles. The van der Waals surface area contributed by atoms with E-state index in [-0.39, 0.29) is 5.75 Å². The van der Waals surface area contributed by atoms with E-state index in [9.17, 15) is 5.11 Å². The maximum atomic E-state index is 9.78. The van der Waals surface area contributed by atoms with Gasteiger partial charge in [0, 0.05) is 37.3 Å². The molecule has 0 aromatic heterocycles. The standard InChI is InChI=1S/C13H18ClNO2/c1-17-10-5-7-15(8-6-10)9-11-12(14)3-2-4-13(11)16/h2-4,10,16H,5-9H2,1H3. The maximum absolute atomic E-state index is 9.78. The molecule has 2 rings (SSSR count). The molecule has 3 nitrogen and oxygen atoms in total. The zero-order valence-corrected chi connectivity index (χ0v) is 10.8. The summed E-state index contributed by atoms with van der Waals surface area (Å²) in [5.41, 5.74) is 0.824. The Kier molecular flexibility index (Phi) is 4.26. The molecule has 1 aliphatic heterocycles. The number of methoxy groups -OCH3 is 1. The second kappa shape index (κ2) is 5.71. The number of hydrogen-bond acceptors (Lipinski definition) is 3. The third-order valence-corrected chi connectivity index (χ3v) is 3.70. The minimum Gasteiger partial charge on any atom is -0.508 e. The van der Waals surface area contributed by atoms with Crippen LogP contribution in [0.25, 0.3) is 0 Å². The van der Waals surface area contributed by atoms with Gasteiger partial charge in [-0.1, -0.05) is 17.7 Å². The zero-order chi connectivity index (χ0) is 12.3. The molecule has 1 aromatic rings. The molecule has 94 valence electrons. The average molecular weight is 256 g/mol. The number of hydrogen-bond donors (Lipinski definition) is 1. The smallest absolute Gasteiger partial charge is 0.121 e. The highest BCUT2D eigenvalue weighted by atomic mass is 35.5. The molecule has 4 heteroatoms. The van der Waals surface area contributed by atoms with Gasteiger partial charge in [0.1, 0.15) is 5.75 Å². The summed E-state index contributed by atoms with van der Waals surface area (Å²) in [5, 5.41) is 10.4. The lowest BCUT2D eigenvalue weighted by molar-refractivity contribution is 0.0387. The van der Waals surface area contributed by atoms with Crippen LogP contribution in [-0.2, 0) is 11.3 Å². The van der Waals surface area contributed by atoms with Gasteiger partial charge in [0.25, 0.3) is 0 Å². The lowest BCUT2D eigenvalue weighted by Crippen LogP contribution is -2.36. The van der Waals surface area contributed by atoms with Gasteiger partial charge in [-0.15, -0.1) is 0 Å². The topological polar surface area (TPSA) is 32.7 Å². The van der Waals surface area contributed by atoms with Crippen molar-refractivity contribution in [3.8, 4) is 5.75 Å². The van der Waals surface area contributed by atoms with E-state index >= 15 is 0 Å². The van der Waals surface area contributed by atoms with Crippen LogP contribution in [0.1, 0.15) is 18.4 Å². The van der Waals surface area contributed by atoms with Gasteiger partial charge in [0.15, 0.2) is 0 Å². The Bertz CT molecular complexity index is 355. The number of nitrogens with zero attached hydrogens (tertiary/aromatic N) is 1. The van der Waals surface area contributed by atoms with Crippen molar-refractivity contribution in [2.45, 2.75) is 25.5 Å². The molecule has 0 unspecified atom stereocenters. The van der Waals surface area contributed by atoms with Crippen LogP contribution < -0.4 is 0 Å². The van der Waals surface area contributed by atoms with E-state index < -0.39 is 0 Å². The largest absolute Gasteiger partial charge is 0.508 e. The normalized spacial score (nSPS) is 18.5. The first-order valence-electron chi connectivity index (χ1n) is 5.92. The van der Waals surface area contributed by atoms with E-state index in [2.05, 4.69) is 4.90 Å². The Morgan fingerprint density at radius 3 is 2.71 bits per heavy atom. The van der Waals surface area contributed by atoms with Gasteiger partial charge in [-0.05, 0) is 25.0 Å². The number of benzene rings is 1. The van der Waals surface area contributed by atoms with Crippen LogP contribution in [0.15, 0.2) is 18.2 Å². The summed E-state index contributed by atoms with van der Waals surface area (Å²) in [4.78, 5) is 2.30. The highest BCUT2D eigenvalue weighted by molar-refractivity contribution is 6.31. The molecule has 0 spiro atoms. The molecule has 0 radical (unpaired) electrons. The molecule has 1 saturated heterocycles. The highest BCUT2D eigenvalue weighted by Gasteiger charge is 2.20. The van der Waals surface area contributed by atoms with E-state index in [1.54, 1.807) is 19.2 Å². The quantitative estimate of drug-likeness (QED) is 0.901. The van der Waals surface area contributed by atoms with Crippen molar-refractivity contribution in [1.29, 1.82) is 0 Å². The SMILES string of the molecule is COC1CCN(Cc2c(O)cccc2Cl)CC1. The molecule has 1 aliphatic rings. The Balaban J connectivity index is 1.98. The Labute approximate surface area is 107 Å². The Morgan fingerprint density at radius 2 is 2.12 bits per heavy atom. The Hall–Kier alpha value is -0.770. The van der Waals surface area contributed by atoms with Gasteiger partial charge in [0.2, 0.25) is 0 Å². The van der Waals surface area contributed by atoms with E-state index in [1.807, 2.05) is 6.07 Å². The molecule has 0 atom stereocenters. The molecule has 0 bridgehead atoms. The van der Waals surface area contributed by atoms with E-state index in [4.69, 9.17) is 16.3 Å². The summed E-state index contributed by atoms with van der Waals surface area (Å²) in [6.07, 6.45) is 2.47. The summed E-state index contributed by atoms with van der Waals surface area (Å²) in [6, 6.07) is 5.26. The second-order valence-electron chi connectivity index (χ2n) is 4.45. The van der Waals surface area contributed by atoms with Crippen LogP contribution in [0.3, 0.4) is 0 Å². The summed E-state index contributed by atoms with van der Waals surface area (Å²) in [6.45, 7) is 2.69. The summed E-state index contributed by atoms with van der Waals surface area (Å²) < 4.78 is 5.34. The van der Waals surface area contributed by atoms with Crippen molar-refractivity contribution < 1.29 is 9.84 Å². The van der Waals surface area contributed by atoms with Crippen molar-refractivity contribution in [3.63, 3.8) is 0 Å². The monoisotopic (exact) mass is 255 g/mol. The van der Waals surface area contributed by atoms with Gasteiger partial charge < -0.3 is 9.84 Å². The number of phenols is 1. The van der Waals surface area contributed by atoms with E-state index in [1.165, 1.54) is 0 Å². The third kappa shape index (κ3) is 3.12. The molecule has 0 aliphatic carbocycles. The van der Waals surface area contributed by atoms with Gasteiger partial charge in [-0.3, -0.25) is 4.90 Å². The lowest BCUT2D eigenvalue weighted by atomic mass is 10.1. The number of likely N-dealkylation sites (tertiary alicyclic amines) is 1. The van der Waals surface area contributed by atoms with Crippen LogP contribution >= 0.6 is 11.6 Å². The van der Waals surface area contributed by atoms with Crippen molar-refractivity contribution in [2.24, 2.45) is 0 Å². The molecular formula is C13H18ClNO2. The number of rotatable bonds is 3. The summed E-state index contributed by atoms with van der Waals surface area (Å²) in [7, 11) is 1.76. The fourth-order valence-electron chi connectivity index (χ4n) is 2.23. The predicted octanol–water partition coefficient (Wildman–Crippen LogP) is 2.66. The number of phenolic OH excluding ortho intramolecular Hbond substituents is 1. The molecule has 0 amide bonds. The first kappa shape index (κ1) is 12.7. The van der Waals surface area contributed by atoms with Gasteiger partial charge in [-0.2, -0.15) is 0 Å². The molecule has 1 heterocycles. The van der Waals surface area contributed by atoms with Crippen molar-refractivity contribution in [1.82, 2.24) is 4.90 Å². The number of ether oxygens (including phenoxy) is 1. The van der Waals surface area contributed by atoms with Crippen molar-refractivity contribution >= 4 is 11.6 Å². The number of halogens is 1. The third-order valence-electron chi connectivity index (χ3n) is 3.34. The second-order valence-corrected chi connectivity index (χ2v) is 4.86. The minimum absolute atomic E-state index is 0.284. The van der Waals surface area contributed by atoms with Crippen LogP contribution in [0, 0.1) is 0 Å². The van der Waals surface area contributed by atoms with Gasteiger partial charge in [0.05, 0.1) is 6.10 Å². The van der Waals surface area contributed by atoms with Crippen LogP contribution in [-0.4, -0.2) is 36.3 Å². The first-order valence-corrected chi connectivity index (χ1v) is 6.30. The van der Waals surface area contributed by atoms with Crippen molar-refractivity contribution in [2.75, 3.05) is 20.2 Å². The fourth-order valence-corrected chi connectivity index (χ4v) is 2.46. The Morgan fingerprint density at radius 1 is 1.41 bits per heavy atom.